The quantitative estimate of drug-likeness (QED) is 0.507. The van der Waals surface area contributed by atoms with Crippen LogP contribution in [0.25, 0.3) is 0 Å². The molecule has 13 heteroatoms. The van der Waals surface area contributed by atoms with E-state index in [1.165, 1.54) is 23.1 Å². The van der Waals surface area contributed by atoms with Crippen LogP contribution < -0.4 is 15.4 Å². The van der Waals surface area contributed by atoms with Crippen LogP contribution in [0, 0.1) is 40.9 Å². The number of nitriles is 1. The number of alkyl halides is 1. The minimum Gasteiger partial charge on any atom is -0.472 e. The molecule has 12 nitrogen and oxygen atoms in total. The monoisotopic (exact) mass is 596 g/mol. The summed E-state index contributed by atoms with van der Waals surface area (Å²) in [7, 11) is 1.22. The van der Waals surface area contributed by atoms with Crippen molar-refractivity contribution in [3.05, 3.63) is 18.3 Å². The highest BCUT2D eigenvalue weighted by molar-refractivity contribution is 6.01. The van der Waals surface area contributed by atoms with Crippen molar-refractivity contribution in [2.45, 2.75) is 75.8 Å². The molecule has 9 atom stereocenters. The molecule has 0 radical (unpaired) electrons. The number of carbonyl (C=O) groups excluding carboxylic acids is 4. The molecule has 0 aromatic carbocycles. The van der Waals surface area contributed by atoms with Crippen LogP contribution in [0.2, 0.25) is 0 Å². The Kier molecular flexibility index (Phi) is 7.42. The van der Waals surface area contributed by atoms with Gasteiger partial charge in [-0.15, -0.1) is 0 Å². The second-order valence-electron chi connectivity index (χ2n) is 12.5. The number of hydrogen-bond acceptors (Lipinski definition) is 8. The van der Waals surface area contributed by atoms with Gasteiger partial charge in [-0.25, -0.2) is 14.2 Å². The number of likely N-dealkylation sites (tertiary alicyclic amines) is 2. The summed E-state index contributed by atoms with van der Waals surface area (Å²) < 4.78 is 26.1. The molecular weight excluding hydrogens is 559 g/mol. The van der Waals surface area contributed by atoms with Gasteiger partial charge in [0.05, 0.1) is 19.7 Å². The van der Waals surface area contributed by atoms with Crippen LogP contribution in [0.4, 0.5) is 15.0 Å². The molecule has 4 fully saturated rings. The number of methoxy groups -OCH3 is 1. The molecule has 43 heavy (non-hydrogen) atoms. The fraction of sp³-hybridized carbons (Fsp3) is 0.667. The molecule has 4 heterocycles. The highest BCUT2D eigenvalue weighted by Gasteiger charge is 2.65. The normalized spacial score (nSPS) is 34.3. The number of nitrogens with one attached hydrogen (secondary N) is 2. The molecule has 1 spiro atoms. The average molecular weight is 597 g/mol. The van der Waals surface area contributed by atoms with Crippen LogP contribution >= 0.6 is 0 Å². The maximum atomic E-state index is 15.2. The maximum absolute atomic E-state index is 15.2. The molecule has 5 aliphatic rings. The third-order valence-electron chi connectivity index (χ3n) is 10.5. The van der Waals surface area contributed by atoms with E-state index in [4.69, 9.17) is 9.47 Å². The standard InChI is InChI=1S/C30H37FN6O6/c1-4-15(5-2)23(34-29(41)42-3)26(38)36-13-19-16-9-18(20(31)10-16)22(19)24(36)27(39)37-14-30(11-17(37)12-32)28(40)35-25-21(43-30)7-6-8-33-25/h6-8,15-20,22-24H,4-5,9-11,13-14H2,1-3H3,(H,34,41)(H,33,35,40)/t16-,17-,18+,19?,20+,22-,23-,24-,30+/m0/s1. The van der Waals surface area contributed by atoms with Crippen molar-refractivity contribution in [2.75, 3.05) is 25.5 Å². The number of halogens is 1. The second-order valence-corrected chi connectivity index (χ2v) is 12.5. The van der Waals surface area contributed by atoms with Crippen molar-refractivity contribution < 1.29 is 33.0 Å². The number of aromatic nitrogens is 1. The number of nitrogens with zero attached hydrogens (tertiary/aromatic N) is 4. The number of rotatable bonds is 6. The molecular formula is C30H37FN6O6. The molecule has 2 aliphatic carbocycles. The third-order valence-corrected chi connectivity index (χ3v) is 10.5. The molecule has 2 saturated heterocycles. The second kappa shape index (κ2) is 11.0. The number of ether oxygens (including phenoxy) is 2. The summed E-state index contributed by atoms with van der Waals surface area (Å²) in [5.41, 5.74) is -1.51. The zero-order valence-electron chi connectivity index (χ0n) is 24.5. The van der Waals surface area contributed by atoms with Crippen molar-refractivity contribution in [1.82, 2.24) is 20.1 Å². The van der Waals surface area contributed by atoms with Gasteiger partial charge in [0.2, 0.25) is 17.4 Å². The van der Waals surface area contributed by atoms with E-state index in [1.807, 2.05) is 13.8 Å². The van der Waals surface area contributed by atoms with Gasteiger partial charge in [0, 0.05) is 19.2 Å². The highest BCUT2D eigenvalue weighted by Crippen LogP contribution is 2.59. The molecule has 1 unspecified atom stereocenters. The van der Waals surface area contributed by atoms with Crippen LogP contribution in [-0.2, 0) is 19.1 Å². The van der Waals surface area contributed by atoms with E-state index < -0.39 is 59.6 Å². The van der Waals surface area contributed by atoms with Gasteiger partial charge in [0.15, 0.2) is 11.6 Å². The Morgan fingerprint density at radius 1 is 1.28 bits per heavy atom. The third kappa shape index (κ3) is 4.57. The Balaban J connectivity index is 1.34. The number of amides is 4. The first-order valence-electron chi connectivity index (χ1n) is 15.1. The molecule has 4 amide bonds. The van der Waals surface area contributed by atoms with Crippen LogP contribution in [0.3, 0.4) is 0 Å². The smallest absolute Gasteiger partial charge is 0.407 e. The van der Waals surface area contributed by atoms with E-state index >= 15 is 4.39 Å². The molecule has 2 saturated carbocycles. The summed E-state index contributed by atoms with van der Waals surface area (Å²) in [6.07, 6.45) is 1.87. The predicted molar refractivity (Wildman–Crippen MR) is 149 cm³/mol. The Morgan fingerprint density at radius 2 is 2.05 bits per heavy atom. The van der Waals surface area contributed by atoms with Gasteiger partial charge >= 0.3 is 6.09 Å². The summed E-state index contributed by atoms with van der Waals surface area (Å²) in [4.78, 5) is 61.5. The van der Waals surface area contributed by atoms with Crippen molar-refractivity contribution in [1.29, 1.82) is 5.26 Å². The summed E-state index contributed by atoms with van der Waals surface area (Å²) in [6.45, 7) is 3.91. The Morgan fingerprint density at radius 3 is 2.74 bits per heavy atom. The molecule has 2 bridgehead atoms. The summed E-state index contributed by atoms with van der Waals surface area (Å²) >= 11 is 0. The highest BCUT2D eigenvalue weighted by atomic mass is 19.1. The van der Waals surface area contributed by atoms with Crippen molar-refractivity contribution in [3.63, 3.8) is 0 Å². The zero-order chi connectivity index (χ0) is 30.6. The zero-order valence-corrected chi connectivity index (χ0v) is 24.5. The topological polar surface area (TPSA) is 154 Å². The van der Waals surface area contributed by atoms with Gasteiger partial charge in [-0.2, -0.15) is 5.26 Å². The SMILES string of the molecule is CCC(CC)[C@H](NC(=O)OC)C(=O)N1CC2[C@H]3C[C@@H]([C@@H]2[C@H]1C(=O)N1C[C@@]2(C[C@H]1C#N)Oc1cccnc1NC2=O)[C@H](F)C3. The molecule has 6 rings (SSSR count). The van der Waals surface area contributed by atoms with Gasteiger partial charge in [-0.3, -0.25) is 14.4 Å². The number of anilines is 1. The van der Waals surface area contributed by atoms with E-state index in [1.54, 1.807) is 12.1 Å². The van der Waals surface area contributed by atoms with E-state index in [-0.39, 0.29) is 49.0 Å². The number of alkyl carbamates (subject to hydrolysis) is 1. The molecule has 2 N–H and O–H groups in total. The number of carbonyl (C=O) groups is 4. The van der Waals surface area contributed by atoms with Crippen molar-refractivity contribution >= 4 is 29.6 Å². The molecule has 3 aliphatic heterocycles. The number of pyridine rings is 1. The van der Waals surface area contributed by atoms with Gasteiger partial charge in [0.25, 0.3) is 5.91 Å². The van der Waals surface area contributed by atoms with Gasteiger partial charge in [0.1, 0.15) is 24.3 Å². The van der Waals surface area contributed by atoms with Crippen LogP contribution in [0.1, 0.15) is 46.0 Å². The summed E-state index contributed by atoms with van der Waals surface area (Å²) in [5, 5.41) is 15.6. The minimum absolute atomic E-state index is 0.0476. The van der Waals surface area contributed by atoms with Gasteiger partial charge in [-0.1, -0.05) is 26.7 Å². The van der Waals surface area contributed by atoms with Crippen LogP contribution in [0.15, 0.2) is 18.3 Å². The Labute approximate surface area is 249 Å². The fourth-order valence-corrected chi connectivity index (χ4v) is 8.43. The Hall–Kier alpha value is -3.95. The van der Waals surface area contributed by atoms with E-state index in [0.717, 1.165) is 0 Å². The average Bonchev–Trinajstić information content (AvgIpc) is 3.76. The predicted octanol–water partition coefficient (Wildman–Crippen LogP) is 2.26. The summed E-state index contributed by atoms with van der Waals surface area (Å²) in [6, 6.07) is 2.49. The van der Waals surface area contributed by atoms with Crippen molar-refractivity contribution in [3.8, 4) is 11.8 Å². The first-order chi connectivity index (χ1) is 20.7. The van der Waals surface area contributed by atoms with E-state index in [2.05, 4.69) is 21.7 Å². The van der Waals surface area contributed by atoms with E-state index in [0.29, 0.717) is 31.4 Å². The largest absolute Gasteiger partial charge is 0.472 e. The van der Waals surface area contributed by atoms with Gasteiger partial charge in [-0.05, 0) is 54.6 Å². The first kappa shape index (κ1) is 29.1. The maximum Gasteiger partial charge on any atom is 0.407 e. The lowest BCUT2D eigenvalue weighted by atomic mass is 9.77. The van der Waals surface area contributed by atoms with Crippen LogP contribution in [-0.4, -0.2) is 88.7 Å². The lowest BCUT2D eigenvalue weighted by Gasteiger charge is -2.37. The lowest BCUT2D eigenvalue weighted by molar-refractivity contribution is -0.148. The first-order valence-corrected chi connectivity index (χ1v) is 15.1. The number of hydrogen-bond donors (Lipinski definition) is 2. The van der Waals surface area contributed by atoms with E-state index in [9.17, 15) is 24.4 Å². The van der Waals surface area contributed by atoms with Gasteiger partial charge < -0.3 is 29.9 Å². The molecule has 230 valence electrons. The van der Waals surface area contributed by atoms with Crippen LogP contribution in [0.5, 0.6) is 5.75 Å². The minimum atomic E-state index is -1.51. The molecule has 1 aromatic heterocycles. The summed E-state index contributed by atoms with van der Waals surface area (Å²) in [5.74, 6) is -1.89. The Bertz CT molecular complexity index is 1370. The van der Waals surface area contributed by atoms with Crippen molar-refractivity contribution in [2.24, 2.45) is 29.6 Å². The fourth-order valence-electron chi connectivity index (χ4n) is 8.43. The molecule has 1 aromatic rings. The lowest BCUT2D eigenvalue weighted by Crippen LogP contribution is -2.59. The number of fused-ring (bicyclic) bond motifs is 6.